The largest absolute Gasteiger partial charge is 0.480 e. The van der Waals surface area contributed by atoms with Crippen molar-refractivity contribution < 1.29 is 24.2 Å². The quantitative estimate of drug-likeness (QED) is 0.542. The van der Waals surface area contributed by atoms with E-state index in [1.807, 2.05) is 54.6 Å². The van der Waals surface area contributed by atoms with Gasteiger partial charge in [-0.25, -0.2) is 4.79 Å². The number of carboxylic acid groups (broad SMARTS) is 1. The van der Waals surface area contributed by atoms with Gasteiger partial charge in [-0.15, -0.1) is 12.4 Å². The molecule has 0 spiro atoms. The van der Waals surface area contributed by atoms with E-state index in [9.17, 15) is 19.5 Å². The van der Waals surface area contributed by atoms with Gasteiger partial charge >= 0.3 is 11.9 Å². The van der Waals surface area contributed by atoms with Crippen molar-refractivity contribution in [3.8, 4) is 0 Å². The third-order valence-electron chi connectivity index (χ3n) is 5.77. The van der Waals surface area contributed by atoms with E-state index in [1.165, 1.54) is 4.90 Å². The highest BCUT2D eigenvalue weighted by atomic mass is 35.5. The summed E-state index contributed by atoms with van der Waals surface area (Å²) in [5, 5.41) is 12.8. The standard InChI is InChI=1S/C25H30N2O5.ClH/c1-3-32-25(31)21(14-13-18-9-5-4-6-10-18)26-17(2)23(28)27-16-20-12-8-7-11-19(20)15-22(27)24(29)30;/h4-12,17,21-22,26H,3,13-16H2,1-2H3,(H,29,30);1H/t17-,21-,22+;/m0./s1. The lowest BCUT2D eigenvalue weighted by atomic mass is 9.93. The van der Waals surface area contributed by atoms with Crippen LogP contribution in [0.2, 0.25) is 0 Å². The molecule has 0 aliphatic carbocycles. The molecule has 0 bridgehead atoms. The van der Waals surface area contributed by atoms with Gasteiger partial charge in [-0.05, 0) is 43.4 Å². The van der Waals surface area contributed by atoms with Crippen molar-refractivity contribution in [2.24, 2.45) is 0 Å². The number of carbonyl (C=O) groups excluding carboxylic acids is 2. The molecule has 2 aromatic rings. The number of aliphatic carboxylic acids is 1. The molecule has 0 radical (unpaired) electrons. The Morgan fingerprint density at radius 3 is 2.36 bits per heavy atom. The lowest BCUT2D eigenvalue weighted by Crippen LogP contribution is -2.56. The summed E-state index contributed by atoms with van der Waals surface area (Å²) in [7, 11) is 0. The normalized spacial score (nSPS) is 16.7. The summed E-state index contributed by atoms with van der Waals surface area (Å²) in [5.41, 5.74) is 2.97. The number of amides is 1. The van der Waals surface area contributed by atoms with Crippen LogP contribution in [0.5, 0.6) is 0 Å². The Bertz CT molecular complexity index is 953. The molecule has 33 heavy (non-hydrogen) atoms. The van der Waals surface area contributed by atoms with Crippen LogP contribution in [-0.4, -0.2) is 52.6 Å². The fourth-order valence-electron chi connectivity index (χ4n) is 4.06. The number of aryl methyl sites for hydroxylation is 1. The van der Waals surface area contributed by atoms with Crippen LogP contribution in [0.25, 0.3) is 0 Å². The number of hydrogen-bond acceptors (Lipinski definition) is 5. The molecule has 0 aromatic heterocycles. The van der Waals surface area contributed by atoms with E-state index in [4.69, 9.17) is 4.74 Å². The van der Waals surface area contributed by atoms with Crippen molar-refractivity contribution in [2.45, 2.75) is 57.8 Å². The van der Waals surface area contributed by atoms with Crippen LogP contribution in [0.15, 0.2) is 54.6 Å². The summed E-state index contributed by atoms with van der Waals surface area (Å²) < 4.78 is 5.20. The maximum absolute atomic E-state index is 13.3. The van der Waals surface area contributed by atoms with Crippen LogP contribution in [0.4, 0.5) is 0 Å². The summed E-state index contributed by atoms with van der Waals surface area (Å²) in [4.78, 5) is 39.1. The number of rotatable bonds is 9. The lowest BCUT2D eigenvalue weighted by Gasteiger charge is -2.36. The topological polar surface area (TPSA) is 95.9 Å². The molecule has 3 atom stereocenters. The van der Waals surface area contributed by atoms with Crippen LogP contribution in [0.3, 0.4) is 0 Å². The zero-order valence-electron chi connectivity index (χ0n) is 18.9. The van der Waals surface area contributed by atoms with Gasteiger partial charge < -0.3 is 14.7 Å². The minimum Gasteiger partial charge on any atom is -0.480 e. The summed E-state index contributed by atoms with van der Waals surface area (Å²) in [6.45, 7) is 3.88. The highest BCUT2D eigenvalue weighted by Gasteiger charge is 2.37. The molecule has 2 aromatic carbocycles. The predicted molar refractivity (Wildman–Crippen MR) is 127 cm³/mol. The molecule has 1 heterocycles. The maximum atomic E-state index is 13.3. The maximum Gasteiger partial charge on any atom is 0.326 e. The minimum atomic E-state index is -1.04. The number of fused-ring (bicyclic) bond motifs is 1. The van der Waals surface area contributed by atoms with E-state index < -0.39 is 30.1 Å². The molecule has 0 unspecified atom stereocenters. The van der Waals surface area contributed by atoms with Gasteiger partial charge in [0, 0.05) is 13.0 Å². The smallest absolute Gasteiger partial charge is 0.326 e. The van der Waals surface area contributed by atoms with Gasteiger partial charge in [0.05, 0.1) is 12.6 Å². The van der Waals surface area contributed by atoms with E-state index >= 15 is 0 Å². The predicted octanol–water partition coefficient (Wildman–Crippen LogP) is 2.99. The van der Waals surface area contributed by atoms with Crippen LogP contribution >= 0.6 is 12.4 Å². The average molecular weight is 475 g/mol. The number of hydrogen-bond donors (Lipinski definition) is 2. The number of nitrogens with zero attached hydrogens (tertiary/aromatic N) is 1. The van der Waals surface area contributed by atoms with Gasteiger partial charge in [0.1, 0.15) is 12.1 Å². The Balaban J connectivity index is 0.00000385. The van der Waals surface area contributed by atoms with Crippen molar-refractivity contribution in [1.29, 1.82) is 0 Å². The monoisotopic (exact) mass is 474 g/mol. The number of carboxylic acids is 1. The van der Waals surface area contributed by atoms with E-state index in [1.54, 1.807) is 13.8 Å². The molecule has 7 nitrogen and oxygen atoms in total. The molecule has 3 rings (SSSR count). The van der Waals surface area contributed by atoms with Crippen molar-refractivity contribution in [2.75, 3.05) is 6.61 Å². The van der Waals surface area contributed by atoms with Gasteiger partial charge in [-0.1, -0.05) is 54.6 Å². The van der Waals surface area contributed by atoms with Crippen molar-refractivity contribution >= 4 is 30.3 Å². The number of nitrogens with one attached hydrogen (secondary N) is 1. The summed E-state index contributed by atoms with van der Waals surface area (Å²) >= 11 is 0. The molecule has 0 saturated heterocycles. The number of carbonyl (C=O) groups is 3. The number of esters is 1. The second-order valence-corrected chi connectivity index (χ2v) is 8.01. The first-order valence-corrected chi connectivity index (χ1v) is 11.0. The summed E-state index contributed by atoms with van der Waals surface area (Å²) in [5.74, 6) is -1.80. The Hall–Kier alpha value is -2.90. The van der Waals surface area contributed by atoms with E-state index in [0.717, 1.165) is 16.7 Å². The first-order chi connectivity index (χ1) is 15.4. The van der Waals surface area contributed by atoms with Crippen molar-refractivity contribution in [3.63, 3.8) is 0 Å². The van der Waals surface area contributed by atoms with E-state index in [2.05, 4.69) is 5.32 Å². The first-order valence-electron chi connectivity index (χ1n) is 11.0. The van der Waals surface area contributed by atoms with E-state index in [0.29, 0.717) is 12.8 Å². The molecular weight excluding hydrogens is 444 g/mol. The van der Waals surface area contributed by atoms with Gasteiger partial charge in [-0.3, -0.25) is 14.9 Å². The van der Waals surface area contributed by atoms with Crippen LogP contribution in [-0.2, 0) is 38.5 Å². The van der Waals surface area contributed by atoms with Gasteiger partial charge in [0.15, 0.2) is 0 Å². The van der Waals surface area contributed by atoms with Crippen LogP contribution < -0.4 is 5.32 Å². The Morgan fingerprint density at radius 1 is 1.09 bits per heavy atom. The summed E-state index contributed by atoms with van der Waals surface area (Å²) in [6, 6.07) is 15.0. The zero-order chi connectivity index (χ0) is 23.1. The third kappa shape index (κ3) is 6.79. The fraction of sp³-hybridized carbons (Fsp3) is 0.400. The highest BCUT2D eigenvalue weighted by Crippen LogP contribution is 2.24. The van der Waals surface area contributed by atoms with Crippen LogP contribution in [0, 0.1) is 0 Å². The Morgan fingerprint density at radius 2 is 1.73 bits per heavy atom. The number of halogens is 1. The van der Waals surface area contributed by atoms with Gasteiger partial charge in [0.2, 0.25) is 5.91 Å². The lowest BCUT2D eigenvalue weighted by molar-refractivity contribution is -0.153. The highest BCUT2D eigenvalue weighted by molar-refractivity contribution is 5.88. The summed E-state index contributed by atoms with van der Waals surface area (Å²) in [6.07, 6.45) is 1.37. The molecule has 1 aliphatic rings. The Labute approximate surface area is 200 Å². The van der Waals surface area contributed by atoms with Crippen molar-refractivity contribution in [3.05, 3.63) is 71.3 Å². The molecule has 1 aliphatic heterocycles. The number of benzene rings is 2. The molecule has 178 valence electrons. The second-order valence-electron chi connectivity index (χ2n) is 8.01. The van der Waals surface area contributed by atoms with E-state index in [-0.39, 0.29) is 37.9 Å². The van der Waals surface area contributed by atoms with Crippen LogP contribution in [0.1, 0.15) is 37.0 Å². The molecule has 2 N–H and O–H groups in total. The number of ether oxygens (including phenoxy) is 1. The van der Waals surface area contributed by atoms with Crippen molar-refractivity contribution in [1.82, 2.24) is 10.2 Å². The van der Waals surface area contributed by atoms with Gasteiger partial charge in [-0.2, -0.15) is 0 Å². The molecule has 1 amide bonds. The average Bonchev–Trinajstić information content (AvgIpc) is 2.80. The fourth-order valence-corrected chi connectivity index (χ4v) is 4.06. The molecule has 0 fully saturated rings. The second kappa shape index (κ2) is 12.4. The Kier molecular flexibility index (Phi) is 9.88. The molecule has 8 heteroatoms. The minimum absolute atomic E-state index is 0. The third-order valence-corrected chi connectivity index (χ3v) is 5.77. The first kappa shape index (κ1) is 26.4. The zero-order valence-corrected chi connectivity index (χ0v) is 19.7. The molecular formula is C25H31ClN2O5. The van der Waals surface area contributed by atoms with Gasteiger partial charge in [0.25, 0.3) is 0 Å². The molecule has 0 saturated carbocycles. The SMILES string of the molecule is CCOC(=O)[C@H](CCc1ccccc1)N[C@@H](C)C(=O)N1Cc2ccccc2C[C@@H]1C(=O)O.Cl.